The molecular formula is C51H84N4O16S. The van der Waals surface area contributed by atoms with Gasteiger partial charge in [0.15, 0.2) is 22.4 Å². The van der Waals surface area contributed by atoms with Gasteiger partial charge in [0.1, 0.15) is 35.4 Å². The lowest BCUT2D eigenvalue weighted by molar-refractivity contribution is -0.319. The van der Waals surface area contributed by atoms with E-state index in [-0.39, 0.29) is 36.0 Å². The lowest BCUT2D eigenvalue weighted by Crippen LogP contribution is -2.61. The number of sulfone groups is 1. The molecule has 0 unspecified atom stereocenters. The van der Waals surface area contributed by atoms with Gasteiger partial charge in [-0.3, -0.25) is 14.3 Å². The number of hydrogen-bond acceptors (Lipinski definition) is 19. The van der Waals surface area contributed by atoms with Gasteiger partial charge in [-0.25, -0.2) is 8.42 Å². The number of esters is 1. The second kappa shape index (κ2) is 24.7. The van der Waals surface area contributed by atoms with E-state index < -0.39 is 118 Å². The molecule has 3 aliphatic heterocycles. The van der Waals surface area contributed by atoms with Gasteiger partial charge in [-0.15, -0.1) is 5.10 Å². The number of carbonyl (C=O) groups is 2. The number of ether oxygens (including phenoxy) is 8. The molecule has 1 aromatic carbocycles. The number of aromatic nitrogens is 3. The Morgan fingerprint density at radius 3 is 2.17 bits per heavy atom. The Morgan fingerprint density at radius 2 is 1.56 bits per heavy atom. The van der Waals surface area contributed by atoms with E-state index >= 15 is 0 Å². The number of aliphatic hydroxyl groups is 4. The van der Waals surface area contributed by atoms with E-state index in [2.05, 4.69) is 10.3 Å². The van der Waals surface area contributed by atoms with Crippen LogP contribution < -0.4 is 4.74 Å². The van der Waals surface area contributed by atoms with Crippen LogP contribution in [-0.4, -0.2) is 185 Å². The van der Waals surface area contributed by atoms with Crippen LogP contribution in [0, 0.1) is 23.7 Å². The summed E-state index contributed by atoms with van der Waals surface area (Å²) in [4.78, 5) is 31.0. The van der Waals surface area contributed by atoms with Gasteiger partial charge >= 0.3 is 5.97 Å². The van der Waals surface area contributed by atoms with Crippen LogP contribution >= 0.6 is 0 Å². The van der Waals surface area contributed by atoms with E-state index in [1.54, 1.807) is 65.3 Å². The van der Waals surface area contributed by atoms with Gasteiger partial charge in [-0.1, -0.05) is 32.9 Å². The molecule has 72 heavy (non-hydrogen) atoms. The van der Waals surface area contributed by atoms with Crippen molar-refractivity contribution in [3.05, 3.63) is 36.2 Å². The van der Waals surface area contributed by atoms with Crippen LogP contribution in [0.25, 0.3) is 0 Å². The van der Waals surface area contributed by atoms with E-state index in [0.29, 0.717) is 44.7 Å². The molecular weight excluding hydrogens is 957 g/mol. The highest BCUT2D eigenvalue weighted by Crippen LogP contribution is 2.42. The molecule has 0 aliphatic carbocycles. The number of methoxy groups -OCH3 is 2. The second-order valence-electron chi connectivity index (χ2n) is 21.3. The summed E-state index contributed by atoms with van der Waals surface area (Å²) in [6.07, 6.45) is -5.55. The van der Waals surface area contributed by atoms with Gasteiger partial charge in [0.05, 0.1) is 64.8 Å². The molecule has 410 valence electrons. The Balaban J connectivity index is 1.39. The number of cyclic esters (lactones) is 1. The van der Waals surface area contributed by atoms with Crippen molar-refractivity contribution >= 4 is 21.6 Å². The number of aliphatic hydroxyl groups excluding tert-OH is 3. The number of ketones is 1. The number of rotatable bonds is 17. The summed E-state index contributed by atoms with van der Waals surface area (Å²) in [5.74, 6) is -4.22. The molecule has 0 spiro atoms. The van der Waals surface area contributed by atoms with Crippen molar-refractivity contribution in [2.24, 2.45) is 23.7 Å². The average Bonchev–Trinajstić information content (AvgIpc) is 3.80. The molecule has 4 heterocycles. The van der Waals surface area contributed by atoms with E-state index in [1.807, 2.05) is 32.0 Å². The highest BCUT2D eigenvalue weighted by atomic mass is 32.2. The number of hydrogen-bond donors (Lipinski definition) is 4. The number of carbonyl (C=O) groups excluding carboxylic acids is 2. The Bertz CT molecular complexity index is 2180. The van der Waals surface area contributed by atoms with Crippen molar-refractivity contribution in [2.45, 2.75) is 203 Å². The van der Waals surface area contributed by atoms with E-state index in [4.69, 9.17) is 37.9 Å². The maximum absolute atomic E-state index is 14.5. The highest BCUT2D eigenvalue weighted by molar-refractivity contribution is 7.90. The van der Waals surface area contributed by atoms with Crippen LogP contribution in [-0.2, 0) is 65.5 Å². The number of aryl methyl sites for hydroxylation is 1. The van der Waals surface area contributed by atoms with Crippen LogP contribution in [0.2, 0.25) is 0 Å². The van der Waals surface area contributed by atoms with Gasteiger partial charge in [-0.05, 0) is 92.1 Å². The third-order valence-electron chi connectivity index (χ3n) is 15.5. The molecule has 0 amide bonds. The first kappa shape index (κ1) is 59.7. The van der Waals surface area contributed by atoms with Gasteiger partial charge in [0, 0.05) is 82.8 Å². The van der Waals surface area contributed by atoms with Gasteiger partial charge in [0.2, 0.25) is 0 Å². The van der Waals surface area contributed by atoms with E-state index in [1.165, 1.54) is 33.3 Å². The molecule has 0 saturated carbocycles. The maximum Gasteiger partial charge on any atom is 0.311 e. The summed E-state index contributed by atoms with van der Waals surface area (Å²) in [6.45, 7) is 18.4. The van der Waals surface area contributed by atoms with Gasteiger partial charge in [0.25, 0.3) is 0 Å². The first-order valence-electron chi connectivity index (χ1n) is 25.4. The molecule has 2 aromatic rings. The largest absolute Gasteiger partial charge is 0.494 e. The lowest BCUT2D eigenvalue weighted by atomic mass is 9.74. The molecule has 1 aromatic heterocycles. The standard InChI is InChI=1S/C51H84N4O16S/c1-15-39-51(10,61)44(58)31(4)41(56)29(2)26-50(9,65-13)46(32(5)43(33(6)47(60)69-39)70-40-27-49(8,64-12)45(59)34(7)68-40)71-48-42(57)38(25-30(3)67-48)54(11)23-21-35-28-55(53-52-35)22-16-24-66-36-17-19-37(20-18-36)72(14,62)63/h17-20,28-34,38-40,42-46,48,57-59,61H,15-16,21-27H2,1-14H3/t29-,30-,31+,32+,33-,34+,38+,39-,40+,42-,43+,44-,45+,46-,48+,49-,50-,51-/m1/s1. The first-order valence-corrected chi connectivity index (χ1v) is 27.2. The summed E-state index contributed by atoms with van der Waals surface area (Å²) in [5.41, 5.74) is -3.67. The molecule has 3 fully saturated rings. The molecule has 3 saturated heterocycles. The monoisotopic (exact) mass is 1040 g/mol. The molecule has 21 heteroatoms. The van der Waals surface area contributed by atoms with Crippen molar-refractivity contribution < 1.29 is 76.3 Å². The number of likely N-dealkylation sites (N-methyl/N-ethyl adjacent to an activating group) is 1. The Morgan fingerprint density at radius 1 is 0.903 bits per heavy atom. The zero-order valence-electron chi connectivity index (χ0n) is 44.8. The smallest absolute Gasteiger partial charge is 0.311 e. The number of Topliss-reactive ketones (excluding diaryl/α,β-unsaturated/α-hetero) is 1. The summed E-state index contributed by atoms with van der Waals surface area (Å²) < 4.78 is 75.8. The van der Waals surface area contributed by atoms with Crippen LogP contribution in [0.4, 0.5) is 0 Å². The van der Waals surface area contributed by atoms with E-state index in [0.717, 1.165) is 11.9 Å². The van der Waals surface area contributed by atoms with Crippen molar-refractivity contribution in [1.82, 2.24) is 19.9 Å². The normalized spacial score (nSPS) is 38.8. The van der Waals surface area contributed by atoms with Crippen molar-refractivity contribution in [2.75, 3.05) is 40.7 Å². The van der Waals surface area contributed by atoms with Gasteiger partial charge in [-0.2, -0.15) is 0 Å². The fraction of sp³-hybridized carbons (Fsp3) is 0.804. The average molecular weight is 1040 g/mol. The molecule has 3 aliphatic rings. The minimum atomic E-state index is -3.30. The fourth-order valence-corrected chi connectivity index (χ4v) is 11.4. The summed E-state index contributed by atoms with van der Waals surface area (Å²) in [6, 6.07) is 5.84. The molecule has 5 rings (SSSR count). The predicted octanol–water partition coefficient (Wildman–Crippen LogP) is 3.52. The van der Waals surface area contributed by atoms with Crippen LogP contribution in [0.5, 0.6) is 5.75 Å². The molecule has 0 bridgehead atoms. The fourth-order valence-electron chi connectivity index (χ4n) is 10.7. The highest BCUT2D eigenvalue weighted by Gasteiger charge is 2.54. The lowest BCUT2D eigenvalue weighted by Gasteiger charge is -2.50. The quantitative estimate of drug-likeness (QED) is 0.131. The van der Waals surface area contributed by atoms with Crippen molar-refractivity contribution in [3.8, 4) is 5.75 Å². The molecule has 20 nitrogen and oxygen atoms in total. The maximum atomic E-state index is 14.5. The van der Waals surface area contributed by atoms with Gasteiger partial charge < -0.3 is 63.2 Å². The minimum Gasteiger partial charge on any atom is -0.494 e. The summed E-state index contributed by atoms with van der Waals surface area (Å²) in [7, 11) is 1.60. The zero-order valence-corrected chi connectivity index (χ0v) is 45.6. The molecule has 0 radical (unpaired) electrons. The zero-order chi connectivity index (χ0) is 53.7. The molecule has 18 atom stereocenters. The Labute approximate surface area is 426 Å². The Kier molecular flexibility index (Phi) is 20.4. The summed E-state index contributed by atoms with van der Waals surface area (Å²) in [5, 5.41) is 55.4. The van der Waals surface area contributed by atoms with Crippen LogP contribution in [0.3, 0.4) is 0 Å². The number of nitrogens with zero attached hydrogens (tertiary/aromatic N) is 4. The van der Waals surface area contributed by atoms with E-state index in [9.17, 15) is 38.4 Å². The van der Waals surface area contributed by atoms with Crippen molar-refractivity contribution in [3.63, 3.8) is 0 Å². The minimum absolute atomic E-state index is 0.0562. The third kappa shape index (κ3) is 14.0. The third-order valence-corrected chi connectivity index (χ3v) is 16.7. The van der Waals surface area contributed by atoms with Crippen LogP contribution in [0.1, 0.15) is 107 Å². The first-order chi connectivity index (χ1) is 33.6. The van der Waals surface area contributed by atoms with Crippen molar-refractivity contribution in [1.29, 1.82) is 0 Å². The molecule has 4 N–H and O–H groups in total. The van der Waals surface area contributed by atoms with Crippen LogP contribution in [0.15, 0.2) is 35.4 Å². The second-order valence-corrected chi connectivity index (χ2v) is 23.3. The SMILES string of the molecule is CC[C@H]1OC(=O)[C@H](C)[C@@H](O[C@H]2C[C@@](C)(OC)[C@@H](O)[C@H](C)O2)[C@H](C)[C@@H](O[C@@H]2O[C@H](C)C[C@H](N(C)CCc3cn(CCCOc4ccc(S(C)(=O)=O)cc4)nn3)[C@H]2O)[C@](C)(OC)C[C@@H](C)C(=O)[C@H](C)[C@@H](O)[C@]1(C)O. The summed E-state index contributed by atoms with van der Waals surface area (Å²) >= 11 is 0. The predicted molar refractivity (Wildman–Crippen MR) is 263 cm³/mol. The number of benzene rings is 1. The Hall–Kier alpha value is -3.19. The topological polar surface area (TPSA) is 257 Å².